The lowest BCUT2D eigenvalue weighted by molar-refractivity contribution is 0.117. The zero-order valence-corrected chi connectivity index (χ0v) is 11.8. The van der Waals surface area contributed by atoms with Crippen molar-refractivity contribution in [2.45, 2.75) is 44.8 Å². The van der Waals surface area contributed by atoms with Gasteiger partial charge >= 0.3 is 0 Å². The van der Waals surface area contributed by atoms with Crippen LogP contribution < -0.4 is 5.73 Å². The largest absolute Gasteiger partial charge is 0.326 e. The summed E-state index contributed by atoms with van der Waals surface area (Å²) in [5.74, 6) is -0.308. The fourth-order valence-electron chi connectivity index (χ4n) is 2.71. The predicted molar refractivity (Wildman–Crippen MR) is 73.2 cm³/mol. The minimum atomic E-state index is -0.308. The van der Waals surface area contributed by atoms with E-state index in [2.05, 4.69) is 25.7 Å². The number of likely N-dealkylation sites (tertiary alicyclic amines) is 1. The van der Waals surface area contributed by atoms with Gasteiger partial charge in [-0.15, -0.1) is 0 Å². The minimum absolute atomic E-state index is 0.0243. The molecular formula is C14H20ClFN2. The van der Waals surface area contributed by atoms with Crippen LogP contribution in [0.4, 0.5) is 4.39 Å². The van der Waals surface area contributed by atoms with Gasteiger partial charge in [-0.3, -0.25) is 4.90 Å². The van der Waals surface area contributed by atoms with Gasteiger partial charge in [-0.2, -0.15) is 0 Å². The van der Waals surface area contributed by atoms with Gasteiger partial charge < -0.3 is 5.73 Å². The molecule has 100 valence electrons. The van der Waals surface area contributed by atoms with Crippen molar-refractivity contribution in [2.24, 2.45) is 5.73 Å². The SMILES string of the molecule is CC(C)(C)N1CCC(N)C1c1ccc(F)cc1Cl. The third kappa shape index (κ3) is 2.53. The molecule has 0 bridgehead atoms. The standard InChI is InChI=1S/C14H20ClFN2/c1-14(2,3)18-7-6-12(17)13(18)10-5-4-9(16)8-11(10)15/h4-5,8,12-13H,6-7,17H2,1-3H3. The molecule has 2 unspecified atom stereocenters. The van der Waals surface area contributed by atoms with Crippen molar-refractivity contribution < 1.29 is 4.39 Å². The predicted octanol–water partition coefficient (Wildman–Crippen LogP) is 3.35. The van der Waals surface area contributed by atoms with Gasteiger partial charge in [0.2, 0.25) is 0 Å². The topological polar surface area (TPSA) is 29.3 Å². The van der Waals surface area contributed by atoms with E-state index in [1.165, 1.54) is 12.1 Å². The number of hydrogen-bond donors (Lipinski definition) is 1. The van der Waals surface area contributed by atoms with E-state index < -0.39 is 0 Å². The summed E-state index contributed by atoms with van der Waals surface area (Å²) >= 11 is 6.17. The maximum Gasteiger partial charge on any atom is 0.124 e. The van der Waals surface area contributed by atoms with Gasteiger partial charge in [0.25, 0.3) is 0 Å². The first kappa shape index (κ1) is 13.8. The average Bonchev–Trinajstić information content (AvgIpc) is 2.60. The molecule has 1 fully saturated rings. The molecule has 0 spiro atoms. The number of halogens is 2. The summed E-state index contributed by atoms with van der Waals surface area (Å²) in [6.07, 6.45) is 0.940. The monoisotopic (exact) mass is 270 g/mol. The van der Waals surface area contributed by atoms with Crippen LogP contribution in [0, 0.1) is 5.82 Å². The Morgan fingerprint density at radius 3 is 2.61 bits per heavy atom. The summed E-state index contributed by atoms with van der Waals surface area (Å²) in [5, 5.41) is 0.464. The highest BCUT2D eigenvalue weighted by atomic mass is 35.5. The molecule has 2 rings (SSSR count). The maximum atomic E-state index is 13.1. The second-order valence-electron chi connectivity index (χ2n) is 5.93. The summed E-state index contributed by atoms with van der Waals surface area (Å²) in [5.41, 5.74) is 7.16. The molecule has 1 saturated heterocycles. The number of benzene rings is 1. The number of rotatable bonds is 1. The zero-order valence-electron chi connectivity index (χ0n) is 11.1. The van der Waals surface area contributed by atoms with E-state index in [0.717, 1.165) is 18.5 Å². The number of nitrogens with zero attached hydrogens (tertiary/aromatic N) is 1. The summed E-state index contributed by atoms with van der Waals surface area (Å²) in [6.45, 7) is 7.43. The van der Waals surface area contributed by atoms with Crippen molar-refractivity contribution in [3.8, 4) is 0 Å². The fraction of sp³-hybridized carbons (Fsp3) is 0.571. The number of nitrogens with two attached hydrogens (primary N) is 1. The maximum absolute atomic E-state index is 13.1. The highest BCUT2D eigenvalue weighted by Gasteiger charge is 2.39. The highest BCUT2D eigenvalue weighted by Crippen LogP contribution is 2.39. The van der Waals surface area contributed by atoms with Crippen LogP contribution in [0.3, 0.4) is 0 Å². The molecule has 0 saturated carbocycles. The summed E-state index contributed by atoms with van der Waals surface area (Å²) in [6, 6.07) is 4.69. The van der Waals surface area contributed by atoms with Gasteiger partial charge in [-0.05, 0) is 44.9 Å². The quantitative estimate of drug-likeness (QED) is 0.848. The minimum Gasteiger partial charge on any atom is -0.326 e. The molecule has 0 amide bonds. The molecule has 0 radical (unpaired) electrons. The highest BCUT2D eigenvalue weighted by molar-refractivity contribution is 6.31. The second kappa shape index (κ2) is 4.80. The van der Waals surface area contributed by atoms with Gasteiger partial charge in [0.05, 0.1) is 6.04 Å². The van der Waals surface area contributed by atoms with Crippen molar-refractivity contribution in [2.75, 3.05) is 6.54 Å². The molecule has 2 N–H and O–H groups in total. The van der Waals surface area contributed by atoms with Crippen molar-refractivity contribution in [1.29, 1.82) is 0 Å². The molecule has 2 nitrogen and oxygen atoms in total. The van der Waals surface area contributed by atoms with Crippen LogP contribution in [0.15, 0.2) is 18.2 Å². The van der Waals surface area contributed by atoms with Crippen LogP contribution >= 0.6 is 11.6 Å². The van der Waals surface area contributed by atoms with E-state index in [1.807, 2.05) is 0 Å². The van der Waals surface area contributed by atoms with E-state index in [0.29, 0.717) is 5.02 Å². The Hall–Kier alpha value is -0.640. The van der Waals surface area contributed by atoms with E-state index in [4.69, 9.17) is 17.3 Å². The number of hydrogen-bond acceptors (Lipinski definition) is 2. The third-order valence-corrected chi connectivity index (χ3v) is 3.91. The first-order chi connectivity index (χ1) is 8.30. The van der Waals surface area contributed by atoms with Gasteiger partial charge in [0.1, 0.15) is 5.82 Å². The van der Waals surface area contributed by atoms with Crippen LogP contribution in [-0.2, 0) is 0 Å². The molecule has 18 heavy (non-hydrogen) atoms. The Morgan fingerprint density at radius 1 is 1.39 bits per heavy atom. The van der Waals surface area contributed by atoms with Crippen LogP contribution in [0.1, 0.15) is 38.8 Å². The van der Waals surface area contributed by atoms with Crippen LogP contribution in [0.2, 0.25) is 5.02 Å². The molecule has 2 atom stereocenters. The lowest BCUT2D eigenvalue weighted by Crippen LogP contribution is -2.43. The van der Waals surface area contributed by atoms with Crippen LogP contribution in [0.5, 0.6) is 0 Å². The van der Waals surface area contributed by atoms with Crippen LogP contribution in [-0.4, -0.2) is 23.0 Å². The molecule has 1 aliphatic rings. The summed E-state index contributed by atoms with van der Waals surface area (Å²) < 4.78 is 13.1. The third-order valence-electron chi connectivity index (χ3n) is 3.59. The molecular weight excluding hydrogens is 251 g/mol. The molecule has 4 heteroatoms. The molecule has 1 aromatic rings. The molecule has 0 aliphatic carbocycles. The Morgan fingerprint density at radius 2 is 2.06 bits per heavy atom. The van der Waals surface area contributed by atoms with Gasteiger partial charge in [0, 0.05) is 23.1 Å². The Kier molecular flexibility index (Phi) is 3.67. The van der Waals surface area contributed by atoms with Gasteiger partial charge in [-0.25, -0.2) is 4.39 Å². The van der Waals surface area contributed by atoms with E-state index in [1.54, 1.807) is 6.07 Å². The Balaban J connectivity index is 2.40. The normalized spacial score (nSPS) is 25.7. The van der Waals surface area contributed by atoms with Crippen molar-refractivity contribution in [3.63, 3.8) is 0 Å². The van der Waals surface area contributed by atoms with E-state index in [9.17, 15) is 4.39 Å². The lowest BCUT2D eigenvalue weighted by atomic mass is 9.97. The Bertz CT molecular complexity index is 442. The molecule has 1 heterocycles. The van der Waals surface area contributed by atoms with Gasteiger partial charge in [0.15, 0.2) is 0 Å². The van der Waals surface area contributed by atoms with Crippen molar-refractivity contribution >= 4 is 11.6 Å². The molecule has 0 aromatic heterocycles. The van der Waals surface area contributed by atoms with E-state index in [-0.39, 0.29) is 23.4 Å². The van der Waals surface area contributed by atoms with Gasteiger partial charge in [-0.1, -0.05) is 17.7 Å². The Labute approximate surface area is 113 Å². The van der Waals surface area contributed by atoms with E-state index >= 15 is 0 Å². The van der Waals surface area contributed by atoms with Crippen LogP contribution in [0.25, 0.3) is 0 Å². The molecule has 1 aromatic carbocycles. The second-order valence-corrected chi connectivity index (χ2v) is 6.33. The smallest absolute Gasteiger partial charge is 0.124 e. The molecule has 1 aliphatic heterocycles. The first-order valence-electron chi connectivity index (χ1n) is 6.28. The summed E-state index contributed by atoms with van der Waals surface area (Å²) in [7, 11) is 0. The lowest BCUT2D eigenvalue weighted by Gasteiger charge is -2.38. The zero-order chi connectivity index (χ0) is 13.5. The summed E-state index contributed by atoms with van der Waals surface area (Å²) in [4.78, 5) is 2.34. The van der Waals surface area contributed by atoms with Crippen molar-refractivity contribution in [3.05, 3.63) is 34.6 Å². The average molecular weight is 271 g/mol. The van der Waals surface area contributed by atoms with Crippen molar-refractivity contribution in [1.82, 2.24) is 4.90 Å². The first-order valence-corrected chi connectivity index (χ1v) is 6.66. The fourth-order valence-corrected chi connectivity index (χ4v) is 2.99.